The van der Waals surface area contributed by atoms with Crippen LogP contribution in [0.5, 0.6) is 0 Å². The first-order chi connectivity index (χ1) is 15.6. The maximum atomic E-state index is 6.65. The number of rotatable bonds is 9. The van der Waals surface area contributed by atoms with Crippen LogP contribution >= 0.6 is 0 Å². The number of hydrogen-bond donors (Lipinski definition) is 0. The largest absolute Gasteiger partial charge is 0.359 e. The van der Waals surface area contributed by atoms with Crippen molar-refractivity contribution in [3.8, 4) is 0 Å². The van der Waals surface area contributed by atoms with Crippen LogP contribution in [-0.4, -0.2) is 39.4 Å². The summed E-state index contributed by atoms with van der Waals surface area (Å²) in [4.78, 5) is 2.21. The van der Waals surface area contributed by atoms with Gasteiger partial charge in [0.05, 0.1) is 0 Å². The number of ether oxygens (including phenoxy) is 2. The lowest BCUT2D eigenvalue weighted by Gasteiger charge is -2.37. The van der Waals surface area contributed by atoms with Gasteiger partial charge in [-0.25, -0.2) is 0 Å². The van der Waals surface area contributed by atoms with Gasteiger partial charge in [-0.1, -0.05) is 97.1 Å². The summed E-state index contributed by atoms with van der Waals surface area (Å²) in [6.45, 7) is 1.12. The molecule has 3 heteroatoms. The number of hydrogen-bond acceptors (Lipinski definition) is 3. The lowest BCUT2D eigenvalue weighted by molar-refractivity contribution is -0.0970. The molecule has 0 unspecified atom stereocenters. The lowest BCUT2D eigenvalue weighted by atomic mass is 9.76. The molecule has 0 saturated heterocycles. The van der Waals surface area contributed by atoms with Crippen LogP contribution in [0.4, 0.5) is 0 Å². The van der Waals surface area contributed by atoms with E-state index in [1.165, 1.54) is 16.7 Å². The van der Waals surface area contributed by atoms with E-state index in [-0.39, 0.29) is 6.79 Å². The zero-order chi connectivity index (χ0) is 22.4. The molecule has 0 amide bonds. The Hall–Kier alpha value is -2.98. The Morgan fingerprint density at radius 3 is 2.00 bits per heavy atom. The van der Waals surface area contributed by atoms with E-state index in [9.17, 15) is 0 Å². The van der Waals surface area contributed by atoms with Gasteiger partial charge in [-0.3, -0.25) is 0 Å². The number of likely N-dealkylation sites (N-methyl/N-ethyl adjacent to an activating group) is 1. The molecular formula is C29H31NO2. The first-order valence-electron chi connectivity index (χ1n) is 11.0. The second-order valence-corrected chi connectivity index (χ2v) is 8.40. The normalized spacial score (nSPS) is 13.9. The topological polar surface area (TPSA) is 21.7 Å². The van der Waals surface area contributed by atoms with Crippen molar-refractivity contribution in [2.45, 2.75) is 12.0 Å². The average Bonchev–Trinajstić information content (AvgIpc) is 3.29. The van der Waals surface area contributed by atoms with Gasteiger partial charge in [0, 0.05) is 19.2 Å². The van der Waals surface area contributed by atoms with E-state index >= 15 is 0 Å². The zero-order valence-electron chi connectivity index (χ0n) is 19.1. The zero-order valence-corrected chi connectivity index (χ0v) is 19.1. The lowest BCUT2D eigenvalue weighted by Crippen LogP contribution is -2.34. The number of allylic oxidation sites excluding steroid dienone is 2. The highest BCUT2D eigenvalue weighted by Gasteiger charge is 2.39. The monoisotopic (exact) mass is 425 g/mol. The van der Waals surface area contributed by atoms with Gasteiger partial charge in [-0.2, -0.15) is 0 Å². The molecule has 0 saturated carbocycles. The van der Waals surface area contributed by atoms with E-state index in [2.05, 4.69) is 104 Å². The first-order valence-corrected chi connectivity index (χ1v) is 11.0. The van der Waals surface area contributed by atoms with Gasteiger partial charge in [0.2, 0.25) is 0 Å². The fourth-order valence-electron chi connectivity index (χ4n) is 4.53. The third-order valence-electron chi connectivity index (χ3n) is 5.85. The van der Waals surface area contributed by atoms with Crippen molar-refractivity contribution in [3.63, 3.8) is 0 Å². The molecule has 1 aliphatic carbocycles. The second-order valence-electron chi connectivity index (χ2n) is 8.40. The Bertz CT molecular complexity index is 1040. The van der Waals surface area contributed by atoms with Gasteiger partial charge in [-0.15, -0.1) is 0 Å². The van der Waals surface area contributed by atoms with Crippen LogP contribution in [0, 0.1) is 0 Å². The summed E-state index contributed by atoms with van der Waals surface area (Å²) in [5.41, 5.74) is 6.37. The molecule has 0 spiro atoms. The highest BCUT2D eigenvalue weighted by molar-refractivity contribution is 5.76. The number of benzene rings is 3. The summed E-state index contributed by atoms with van der Waals surface area (Å²) in [7, 11) is 5.88. The van der Waals surface area contributed by atoms with E-state index in [0.717, 1.165) is 29.7 Å². The number of nitrogens with zero attached hydrogens (tertiary/aromatic N) is 1. The molecule has 3 nitrogen and oxygen atoms in total. The molecule has 0 atom stereocenters. The standard InChI is InChI=1S/C29H31NO2/c1-30(2)21-23-18-19-24(20-23)27-16-10-11-17-28(27)29(32-22-31-3,25-12-6-4-7-13-25)26-14-8-5-9-15-26/h4-18,20H,19,21-22H2,1-3H3. The van der Waals surface area contributed by atoms with Crippen molar-refractivity contribution in [1.29, 1.82) is 0 Å². The molecule has 1 aliphatic rings. The van der Waals surface area contributed by atoms with Gasteiger partial charge in [0.25, 0.3) is 0 Å². The summed E-state index contributed by atoms with van der Waals surface area (Å²) < 4.78 is 12.1. The molecule has 0 bridgehead atoms. The number of methoxy groups -OCH3 is 1. The van der Waals surface area contributed by atoms with Crippen LogP contribution in [0.3, 0.4) is 0 Å². The molecule has 0 fully saturated rings. The summed E-state index contributed by atoms with van der Waals surface area (Å²) in [6, 6.07) is 29.5. The fraction of sp³-hybridized carbons (Fsp3) is 0.241. The van der Waals surface area contributed by atoms with Gasteiger partial charge in [-0.05, 0) is 48.4 Å². The summed E-state index contributed by atoms with van der Waals surface area (Å²) in [6.07, 6.45) is 5.58. The average molecular weight is 426 g/mol. The predicted octanol–water partition coefficient (Wildman–Crippen LogP) is 5.87. The van der Waals surface area contributed by atoms with Crippen LogP contribution < -0.4 is 0 Å². The van der Waals surface area contributed by atoms with Crippen LogP contribution in [0.15, 0.2) is 103 Å². The van der Waals surface area contributed by atoms with E-state index < -0.39 is 5.60 Å². The Balaban J connectivity index is 1.92. The summed E-state index contributed by atoms with van der Waals surface area (Å²) >= 11 is 0. The Labute approximate surface area is 191 Å². The van der Waals surface area contributed by atoms with E-state index in [1.807, 2.05) is 12.1 Å². The van der Waals surface area contributed by atoms with Crippen molar-refractivity contribution in [2.24, 2.45) is 0 Å². The molecule has 0 heterocycles. The van der Waals surface area contributed by atoms with Crippen molar-refractivity contribution >= 4 is 5.57 Å². The van der Waals surface area contributed by atoms with Gasteiger partial charge in [0.15, 0.2) is 0 Å². The van der Waals surface area contributed by atoms with Crippen LogP contribution in [0.25, 0.3) is 5.57 Å². The molecular weight excluding hydrogens is 394 g/mol. The minimum Gasteiger partial charge on any atom is -0.359 e. The van der Waals surface area contributed by atoms with E-state index in [0.29, 0.717) is 0 Å². The molecule has 4 rings (SSSR count). The minimum atomic E-state index is -0.791. The van der Waals surface area contributed by atoms with Crippen molar-refractivity contribution in [1.82, 2.24) is 4.90 Å². The molecule has 0 radical (unpaired) electrons. The SMILES string of the molecule is COCOC(c1ccccc1)(c1ccccc1)c1ccccc1C1=CC(CN(C)C)=CC1. The van der Waals surface area contributed by atoms with Crippen LogP contribution in [0.2, 0.25) is 0 Å². The maximum Gasteiger partial charge on any atom is 0.148 e. The first kappa shape index (κ1) is 22.2. The summed E-state index contributed by atoms with van der Waals surface area (Å²) in [5.74, 6) is 0. The molecule has 164 valence electrons. The van der Waals surface area contributed by atoms with Crippen molar-refractivity contribution in [2.75, 3.05) is 34.5 Å². The summed E-state index contributed by atoms with van der Waals surface area (Å²) in [5, 5.41) is 0. The predicted molar refractivity (Wildman–Crippen MR) is 131 cm³/mol. The third-order valence-corrected chi connectivity index (χ3v) is 5.85. The highest BCUT2D eigenvalue weighted by Crippen LogP contribution is 2.44. The Kier molecular flexibility index (Phi) is 7.01. The molecule has 3 aromatic carbocycles. The smallest absolute Gasteiger partial charge is 0.148 e. The quantitative estimate of drug-likeness (QED) is 0.316. The van der Waals surface area contributed by atoms with Crippen molar-refractivity contribution < 1.29 is 9.47 Å². The Morgan fingerprint density at radius 2 is 1.41 bits per heavy atom. The van der Waals surface area contributed by atoms with Crippen LogP contribution in [-0.2, 0) is 15.1 Å². The molecule has 0 aliphatic heterocycles. The fourth-order valence-corrected chi connectivity index (χ4v) is 4.53. The molecule has 0 aromatic heterocycles. The minimum absolute atomic E-state index is 0.182. The second kappa shape index (κ2) is 10.1. The van der Waals surface area contributed by atoms with E-state index in [1.54, 1.807) is 7.11 Å². The van der Waals surface area contributed by atoms with Gasteiger partial charge in [0.1, 0.15) is 12.4 Å². The molecule has 32 heavy (non-hydrogen) atoms. The Morgan fingerprint density at radius 1 is 0.812 bits per heavy atom. The highest BCUT2D eigenvalue weighted by atomic mass is 16.7. The maximum absolute atomic E-state index is 6.65. The van der Waals surface area contributed by atoms with Gasteiger partial charge >= 0.3 is 0 Å². The molecule has 3 aromatic rings. The van der Waals surface area contributed by atoms with Crippen LogP contribution in [0.1, 0.15) is 28.7 Å². The van der Waals surface area contributed by atoms with Crippen molar-refractivity contribution in [3.05, 3.63) is 125 Å². The van der Waals surface area contributed by atoms with E-state index in [4.69, 9.17) is 9.47 Å². The van der Waals surface area contributed by atoms with Gasteiger partial charge < -0.3 is 14.4 Å². The third kappa shape index (κ3) is 4.46. The molecule has 0 N–H and O–H groups in total.